The standard InChI is InChI=1S/C18H21ClN4O3/c19-15-4-3-14(17(24)22-6-8-26-9-7-22)10-16(15)21-18(25)23-5-1-2-13(11-20)12-23/h3-4,10,13H,1-2,5-9,12H2,(H,21,25)/t13-/m0/s1. The van der Waals surface area contributed by atoms with E-state index in [1.165, 1.54) is 0 Å². The molecule has 2 fully saturated rings. The number of piperidine rings is 1. The van der Waals surface area contributed by atoms with Crippen molar-refractivity contribution in [3.05, 3.63) is 28.8 Å². The van der Waals surface area contributed by atoms with Crippen molar-refractivity contribution in [2.45, 2.75) is 12.8 Å². The van der Waals surface area contributed by atoms with Crippen LogP contribution in [0.25, 0.3) is 0 Å². The van der Waals surface area contributed by atoms with Gasteiger partial charge in [-0.25, -0.2) is 4.79 Å². The summed E-state index contributed by atoms with van der Waals surface area (Å²) >= 11 is 6.20. The van der Waals surface area contributed by atoms with Gasteiger partial charge >= 0.3 is 6.03 Å². The Balaban J connectivity index is 1.70. The highest BCUT2D eigenvalue weighted by Crippen LogP contribution is 2.25. The molecular formula is C18H21ClN4O3. The molecule has 0 unspecified atom stereocenters. The summed E-state index contributed by atoms with van der Waals surface area (Å²) in [7, 11) is 0. The van der Waals surface area contributed by atoms with E-state index in [1.807, 2.05) is 0 Å². The van der Waals surface area contributed by atoms with Gasteiger partial charge in [0.25, 0.3) is 5.91 Å². The van der Waals surface area contributed by atoms with Crippen molar-refractivity contribution in [3.8, 4) is 6.07 Å². The number of nitrogens with zero attached hydrogens (tertiary/aromatic N) is 3. The normalized spacial score (nSPS) is 20.4. The van der Waals surface area contributed by atoms with Crippen molar-refractivity contribution in [1.29, 1.82) is 5.26 Å². The molecule has 7 nitrogen and oxygen atoms in total. The van der Waals surface area contributed by atoms with Gasteiger partial charge in [0.2, 0.25) is 0 Å². The molecule has 2 saturated heterocycles. The molecule has 0 bridgehead atoms. The van der Waals surface area contributed by atoms with Crippen LogP contribution >= 0.6 is 11.6 Å². The molecule has 138 valence electrons. The maximum absolute atomic E-state index is 12.6. The van der Waals surface area contributed by atoms with Crippen LogP contribution < -0.4 is 5.32 Å². The van der Waals surface area contributed by atoms with E-state index in [0.717, 1.165) is 12.8 Å². The molecule has 1 atom stereocenters. The van der Waals surface area contributed by atoms with Gasteiger partial charge in [-0.3, -0.25) is 4.79 Å². The molecular weight excluding hydrogens is 356 g/mol. The van der Waals surface area contributed by atoms with Crippen LogP contribution in [0, 0.1) is 17.2 Å². The molecule has 0 saturated carbocycles. The zero-order valence-electron chi connectivity index (χ0n) is 14.4. The lowest BCUT2D eigenvalue weighted by Gasteiger charge is -2.30. The Hall–Kier alpha value is -2.30. The van der Waals surface area contributed by atoms with Crippen molar-refractivity contribution >= 4 is 29.2 Å². The summed E-state index contributed by atoms with van der Waals surface area (Å²) in [4.78, 5) is 28.4. The first kappa shape index (κ1) is 18.5. The van der Waals surface area contributed by atoms with Crippen LogP contribution in [0.3, 0.4) is 0 Å². The van der Waals surface area contributed by atoms with E-state index in [-0.39, 0.29) is 17.9 Å². The lowest BCUT2D eigenvalue weighted by molar-refractivity contribution is 0.0303. The lowest BCUT2D eigenvalue weighted by Crippen LogP contribution is -2.42. The highest BCUT2D eigenvalue weighted by molar-refractivity contribution is 6.33. The number of nitriles is 1. The van der Waals surface area contributed by atoms with Gasteiger partial charge in [-0.05, 0) is 31.0 Å². The van der Waals surface area contributed by atoms with E-state index in [1.54, 1.807) is 28.0 Å². The van der Waals surface area contributed by atoms with Crippen LogP contribution in [0.5, 0.6) is 0 Å². The highest BCUT2D eigenvalue weighted by Gasteiger charge is 2.24. The molecule has 2 aliphatic heterocycles. The van der Waals surface area contributed by atoms with Crippen LogP contribution in [0.2, 0.25) is 5.02 Å². The predicted molar refractivity (Wildman–Crippen MR) is 97.1 cm³/mol. The summed E-state index contributed by atoms with van der Waals surface area (Å²) in [5, 5.41) is 12.2. The number of nitrogens with one attached hydrogen (secondary N) is 1. The van der Waals surface area contributed by atoms with E-state index in [0.29, 0.717) is 55.7 Å². The number of likely N-dealkylation sites (tertiary alicyclic amines) is 1. The molecule has 1 aromatic carbocycles. The van der Waals surface area contributed by atoms with Gasteiger partial charge in [-0.15, -0.1) is 0 Å². The third-order valence-electron chi connectivity index (χ3n) is 4.64. The van der Waals surface area contributed by atoms with Crippen molar-refractivity contribution in [1.82, 2.24) is 9.80 Å². The second-order valence-corrected chi connectivity index (χ2v) is 6.85. The number of benzene rings is 1. The van der Waals surface area contributed by atoms with Crippen molar-refractivity contribution in [2.75, 3.05) is 44.7 Å². The zero-order chi connectivity index (χ0) is 18.5. The summed E-state index contributed by atoms with van der Waals surface area (Å²) in [5.41, 5.74) is 0.870. The fourth-order valence-corrected chi connectivity index (χ4v) is 3.33. The number of hydrogen-bond donors (Lipinski definition) is 1. The molecule has 8 heteroatoms. The number of carbonyl (C=O) groups excluding carboxylic acids is 2. The lowest BCUT2D eigenvalue weighted by atomic mass is 10.0. The minimum Gasteiger partial charge on any atom is -0.378 e. The van der Waals surface area contributed by atoms with E-state index in [9.17, 15) is 9.59 Å². The smallest absolute Gasteiger partial charge is 0.321 e. The van der Waals surface area contributed by atoms with Crippen molar-refractivity contribution < 1.29 is 14.3 Å². The molecule has 1 N–H and O–H groups in total. The maximum Gasteiger partial charge on any atom is 0.321 e. The Morgan fingerprint density at radius 1 is 1.23 bits per heavy atom. The van der Waals surface area contributed by atoms with Gasteiger partial charge in [0.05, 0.1) is 35.9 Å². The topological polar surface area (TPSA) is 85.7 Å². The summed E-state index contributed by atoms with van der Waals surface area (Å²) in [5.74, 6) is -0.248. The summed E-state index contributed by atoms with van der Waals surface area (Å²) in [6.45, 7) is 3.16. The predicted octanol–water partition coefficient (Wildman–Crippen LogP) is 2.58. The largest absolute Gasteiger partial charge is 0.378 e. The fourth-order valence-electron chi connectivity index (χ4n) is 3.16. The number of halogens is 1. The summed E-state index contributed by atoms with van der Waals surface area (Å²) in [6.07, 6.45) is 1.61. The quantitative estimate of drug-likeness (QED) is 0.859. The third kappa shape index (κ3) is 4.26. The average molecular weight is 377 g/mol. The first-order valence-corrected chi connectivity index (χ1v) is 9.08. The van der Waals surface area contributed by atoms with Gasteiger partial charge < -0.3 is 19.9 Å². The number of urea groups is 1. The van der Waals surface area contributed by atoms with Gasteiger partial charge in [0.15, 0.2) is 0 Å². The first-order valence-electron chi connectivity index (χ1n) is 8.70. The average Bonchev–Trinajstić information content (AvgIpc) is 2.69. The molecule has 0 aliphatic carbocycles. The second-order valence-electron chi connectivity index (χ2n) is 6.44. The van der Waals surface area contributed by atoms with Crippen LogP contribution in [-0.2, 0) is 4.74 Å². The molecule has 2 aliphatic rings. The van der Waals surface area contributed by atoms with Gasteiger partial charge in [-0.1, -0.05) is 11.6 Å². The summed E-state index contributed by atoms with van der Waals surface area (Å²) < 4.78 is 5.27. The number of carbonyl (C=O) groups is 2. The Kier molecular flexibility index (Phi) is 5.96. The Morgan fingerprint density at radius 2 is 2.00 bits per heavy atom. The SMILES string of the molecule is N#C[C@@H]1CCCN(C(=O)Nc2cc(C(=O)N3CCOCC3)ccc2Cl)C1. The van der Waals surface area contributed by atoms with Crippen LogP contribution in [0.4, 0.5) is 10.5 Å². The van der Waals surface area contributed by atoms with Crippen molar-refractivity contribution in [3.63, 3.8) is 0 Å². The van der Waals surface area contributed by atoms with Gasteiger partial charge in [-0.2, -0.15) is 5.26 Å². The number of amides is 3. The summed E-state index contributed by atoms with van der Waals surface area (Å²) in [6, 6.07) is 6.78. The molecule has 3 amide bonds. The number of hydrogen-bond acceptors (Lipinski definition) is 4. The maximum atomic E-state index is 12.6. The van der Waals surface area contributed by atoms with Crippen LogP contribution in [-0.4, -0.2) is 61.1 Å². The third-order valence-corrected chi connectivity index (χ3v) is 4.97. The fraction of sp³-hybridized carbons (Fsp3) is 0.500. The molecule has 1 aromatic rings. The zero-order valence-corrected chi connectivity index (χ0v) is 15.2. The molecule has 0 spiro atoms. The van der Waals surface area contributed by atoms with Gasteiger partial charge in [0.1, 0.15) is 0 Å². The molecule has 0 radical (unpaired) electrons. The Morgan fingerprint density at radius 3 is 2.73 bits per heavy atom. The molecule has 0 aromatic heterocycles. The second kappa shape index (κ2) is 8.39. The number of morpholine rings is 1. The number of rotatable bonds is 2. The first-order chi connectivity index (χ1) is 12.6. The van der Waals surface area contributed by atoms with Crippen molar-refractivity contribution in [2.24, 2.45) is 5.92 Å². The minimum atomic E-state index is -0.303. The molecule has 2 heterocycles. The van der Waals surface area contributed by atoms with Gasteiger partial charge in [0, 0.05) is 31.7 Å². The monoisotopic (exact) mass is 376 g/mol. The van der Waals surface area contributed by atoms with E-state index >= 15 is 0 Å². The Bertz CT molecular complexity index is 728. The molecule has 3 rings (SSSR count). The van der Waals surface area contributed by atoms with E-state index in [4.69, 9.17) is 21.6 Å². The number of anilines is 1. The van der Waals surface area contributed by atoms with E-state index in [2.05, 4.69) is 11.4 Å². The minimum absolute atomic E-state index is 0.108. The van der Waals surface area contributed by atoms with Crippen LogP contribution in [0.1, 0.15) is 23.2 Å². The van der Waals surface area contributed by atoms with Crippen LogP contribution in [0.15, 0.2) is 18.2 Å². The molecule has 26 heavy (non-hydrogen) atoms. The van der Waals surface area contributed by atoms with E-state index < -0.39 is 0 Å². The Labute approximate surface area is 157 Å². The highest BCUT2D eigenvalue weighted by atomic mass is 35.5. The number of ether oxygens (including phenoxy) is 1.